The minimum atomic E-state index is 0. The van der Waals surface area contributed by atoms with Gasteiger partial charge in [-0.3, -0.25) is 4.98 Å². The summed E-state index contributed by atoms with van der Waals surface area (Å²) in [6.45, 7) is 0.439. The first kappa shape index (κ1) is 12.2. The maximum Gasteiger partial charge on any atom is 0.137 e. The van der Waals surface area contributed by atoms with Gasteiger partial charge in [-0.05, 0) is 12.1 Å². The van der Waals surface area contributed by atoms with Crippen molar-refractivity contribution in [1.82, 2.24) is 4.98 Å². The van der Waals surface area contributed by atoms with E-state index in [0.29, 0.717) is 6.54 Å². The summed E-state index contributed by atoms with van der Waals surface area (Å²) >= 11 is 0. The highest BCUT2D eigenvalue weighted by Gasteiger charge is 1.99. The van der Waals surface area contributed by atoms with Crippen molar-refractivity contribution in [3.63, 3.8) is 0 Å². The number of hydrogen-bond donors (Lipinski definition) is 1. The summed E-state index contributed by atoms with van der Waals surface area (Å²) in [6, 6.07) is 3.73. The van der Waals surface area contributed by atoms with Crippen LogP contribution in [-0.4, -0.2) is 4.98 Å². The van der Waals surface area contributed by atoms with Gasteiger partial charge in [0.15, 0.2) is 0 Å². The van der Waals surface area contributed by atoms with Crippen LogP contribution in [0.25, 0.3) is 11.0 Å². The first-order valence-corrected chi connectivity index (χ1v) is 3.42. The Morgan fingerprint density at radius 1 is 1.38 bits per heavy atom. The molecular weight excluding hydrogens is 211 g/mol. The molecule has 0 saturated heterocycles. The molecule has 2 aromatic rings. The van der Waals surface area contributed by atoms with E-state index in [0.717, 1.165) is 16.7 Å². The van der Waals surface area contributed by atoms with Gasteiger partial charge in [0.2, 0.25) is 0 Å². The van der Waals surface area contributed by atoms with Gasteiger partial charge in [0.05, 0.1) is 6.54 Å². The molecule has 0 aromatic carbocycles. The normalized spacial score (nSPS) is 9.00. The molecular formula is C8H10Cl2N2O. The summed E-state index contributed by atoms with van der Waals surface area (Å²) in [5, 5.41) is 1.01. The third-order valence-corrected chi connectivity index (χ3v) is 1.57. The van der Waals surface area contributed by atoms with Crippen LogP contribution in [0.2, 0.25) is 0 Å². The van der Waals surface area contributed by atoms with E-state index in [9.17, 15) is 0 Å². The highest BCUT2D eigenvalue weighted by atomic mass is 35.5. The summed E-state index contributed by atoms with van der Waals surface area (Å²) in [7, 11) is 0. The zero-order valence-electron chi connectivity index (χ0n) is 6.77. The minimum absolute atomic E-state index is 0. The van der Waals surface area contributed by atoms with E-state index in [4.69, 9.17) is 10.2 Å². The Morgan fingerprint density at radius 3 is 2.77 bits per heavy atom. The molecule has 2 heterocycles. The predicted octanol–water partition coefficient (Wildman–Crippen LogP) is 2.13. The lowest BCUT2D eigenvalue weighted by Crippen LogP contribution is -1.92. The first-order valence-electron chi connectivity index (χ1n) is 3.42. The van der Waals surface area contributed by atoms with Crippen molar-refractivity contribution in [2.45, 2.75) is 6.54 Å². The third kappa shape index (κ3) is 2.34. The van der Waals surface area contributed by atoms with Crippen molar-refractivity contribution < 1.29 is 4.42 Å². The molecule has 0 aliphatic carbocycles. The topological polar surface area (TPSA) is 52.0 Å². The average molecular weight is 221 g/mol. The van der Waals surface area contributed by atoms with Crippen LogP contribution in [0.3, 0.4) is 0 Å². The highest BCUT2D eigenvalue weighted by Crippen LogP contribution is 2.16. The molecule has 0 radical (unpaired) electrons. The van der Waals surface area contributed by atoms with Crippen LogP contribution < -0.4 is 5.73 Å². The number of nitrogens with two attached hydrogens (primary N) is 1. The molecule has 2 N–H and O–H groups in total. The number of fused-ring (bicyclic) bond motifs is 1. The molecule has 0 aliphatic rings. The Morgan fingerprint density at radius 2 is 2.15 bits per heavy atom. The highest BCUT2D eigenvalue weighted by molar-refractivity contribution is 5.85. The Balaban J connectivity index is 0.000000720. The van der Waals surface area contributed by atoms with Crippen LogP contribution >= 0.6 is 24.8 Å². The molecule has 3 nitrogen and oxygen atoms in total. The number of furan rings is 1. The van der Waals surface area contributed by atoms with Crippen molar-refractivity contribution in [2.75, 3.05) is 0 Å². The molecule has 0 aliphatic heterocycles. The lowest BCUT2D eigenvalue weighted by molar-refractivity contribution is 0.552. The minimum Gasteiger partial charge on any atom is -0.460 e. The second kappa shape index (κ2) is 5.07. The molecule has 72 valence electrons. The van der Waals surface area contributed by atoms with Crippen LogP contribution in [0.5, 0.6) is 0 Å². The second-order valence-electron chi connectivity index (χ2n) is 2.33. The quantitative estimate of drug-likeness (QED) is 0.802. The van der Waals surface area contributed by atoms with Crippen molar-refractivity contribution in [2.24, 2.45) is 5.73 Å². The van der Waals surface area contributed by atoms with Gasteiger partial charge in [0, 0.05) is 17.8 Å². The van der Waals surface area contributed by atoms with Gasteiger partial charge in [-0.25, -0.2) is 0 Å². The zero-order valence-corrected chi connectivity index (χ0v) is 8.40. The van der Waals surface area contributed by atoms with Gasteiger partial charge < -0.3 is 10.2 Å². The van der Waals surface area contributed by atoms with Crippen molar-refractivity contribution in [3.8, 4) is 0 Å². The monoisotopic (exact) mass is 220 g/mol. The maximum atomic E-state index is 5.40. The van der Waals surface area contributed by atoms with Crippen LogP contribution in [0, 0.1) is 0 Å². The van der Waals surface area contributed by atoms with Gasteiger partial charge in [0.25, 0.3) is 0 Å². The fourth-order valence-corrected chi connectivity index (χ4v) is 1.04. The van der Waals surface area contributed by atoms with E-state index in [1.807, 2.05) is 12.1 Å². The number of nitrogens with zero attached hydrogens (tertiary/aromatic N) is 1. The van der Waals surface area contributed by atoms with Crippen LogP contribution in [0.1, 0.15) is 5.76 Å². The van der Waals surface area contributed by atoms with Crippen LogP contribution in [-0.2, 0) is 6.54 Å². The molecule has 0 saturated carbocycles. The summed E-state index contributed by atoms with van der Waals surface area (Å²) in [6.07, 6.45) is 3.46. The Kier molecular flexibility index (Phi) is 4.77. The van der Waals surface area contributed by atoms with E-state index >= 15 is 0 Å². The Hall–Kier alpha value is -0.770. The zero-order chi connectivity index (χ0) is 7.68. The van der Waals surface area contributed by atoms with Gasteiger partial charge in [-0.15, -0.1) is 24.8 Å². The number of halogens is 2. The third-order valence-electron chi connectivity index (χ3n) is 1.57. The fourth-order valence-electron chi connectivity index (χ4n) is 1.04. The number of hydrogen-bond acceptors (Lipinski definition) is 3. The van der Waals surface area contributed by atoms with Crippen molar-refractivity contribution in [1.29, 1.82) is 0 Å². The molecule has 13 heavy (non-hydrogen) atoms. The van der Waals surface area contributed by atoms with E-state index < -0.39 is 0 Å². The first-order chi connectivity index (χ1) is 5.40. The van der Waals surface area contributed by atoms with E-state index in [1.165, 1.54) is 0 Å². The number of pyridine rings is 1. The molecule has 0 bridgehead atoms. The van der Waals surface area contributed by atoms with Gasteiger partial charge in [-0.1, -0.05) is 0 Å². The summed E-state index contributed by atoms with van der Waals surface area (Å²) in [5.41, 5.74) is 6.25. The van der Waals surface area contributed by atoms with Crippen molar-refractivity contribution >= 4 is 35.8 Å². The molecule has 0 amide bonds. The number of rotatable bonds is 1. The van der Waals surface area contributed by atoms with Gasteiger partial charge in [-0.2, -0.15) is 0 Å². The fraction of sp³-hybridized carbons (Fsp3) is 0.125. The smallest absolute Gasteiger partial charge is 0.137 e. The molecule has 0 unspecified atom stereocenters. The van der Waals surface area contributed by atoms with Gasteiger partial charge >= 0.3 is 0 Å². The molecule has 0 atom stereocenters. The van der Waals surface area contributed by atoms with E-state index in [2.05, 4.69) is 4.98 Å². The largest absolute Gasteiger partial charge is 0.460 e. The SMILES string of the molecule is Cl.Cl.NCc1cc2cnccc2o1. The van der Waals surface area contributed by atoms with E-state index in [1.54, 1.807) is 12.4 Å². The molecule has 0 spiro atoms. The summed E-state index contributed by atoms with van der Waals surface area (Å²) in [5.74, 6) is 0.799. The summed E-state index contributed by atoms with van der Waals surface area (Å²) < 4.78 is 5.35. The van der Waals surface area contributed by atoms with Gasteiger partial charge in [0.1, 0.15) is 11.3 Å². The Labute approximate surface area is 88.1 Å². The molecule has 2 aromatic heterocycles. The maximum absolute atomic E-state index is 5.40. The standard InChI is InChI=1S/C8H8N2O.2ClH/c9-4-7-3-6-5-10-2-1-8(6)11-7;;/h1-3,5H,4,9H2;2*1H. The molecule has 2 rings (SSSR count). The Bertz CT molecular complexity index is 342. The lowest BCUT2D eigenvalue weighted by atomic mass is 10.3. The van der Waals surface area contributed by atoms with Crippen LogP contribution in [0.15, 0.2) is 28.9 Å². The van der Waals surface area contributed by atoms with Crippen molar-refractivity contribution in [3.05, 3.63) is 30.3 Å². The predicted molar refractivity (Wildman–Crippen MR) is 56.4 cm³/mol. The molecule has 0 fully saturated rings. The average Bonchev–Trinajstić information content (AvgIpc) is 2.46. The second-order valence-corrected chi connectivity index (χ2v) is 2.33. The number of aromatic nitrogens is 1. The van der Waals surface area contributed by atoms with E-state index in [-0.39, 0.29) is 24.8 Å². The summed E-state index contributed by atoms with van der Waals surface area (Å²) in [4.78, 5) is 3.96. The van der Waals surface area contributed by atoms with Crippen LogP contribution in [0.4, 0.5) is 0 Å². The lowest BCUT2D eigenvalue weighted by Gasteiger charge is -1.83. The molecule has 5 heteroatoms.